The molecule has 8 nitrogen and oxygen atoms in total. The predicted octanol–water partition coefficient (Wildman–Crippen LogP) is 3.94. The third-order valence-corrected chi connectivity index (χ3v) is 8.28. The summed E-state index contributed by atoms with van der Waals surface area (Å²) in [6, 6.07) is 14.4. The zero-order valence-corrected chi connectivity index (χ0v) is 20.1. The van der Waals surface area contributed by atoms with E-state index in [4.69, 9.17) is 0 Å². The molecule has 33 heavy (non-hydrogen) atoms. The first-order valence-electron chi connectivity index (χ1n) is 11.0. The van der Waals surface area contributed by atoms with Gasteiger partial charge < -0.3 is 5.32 Å². The first-order valence-corrected chi connectivity index (χ1v) is 13.4. The summed E-state index contributed by atoms with van der Waals surface area (Å²) in [4.78, 5) is 17.0. The largest absolute Gasteiger partial charge is 0.325 e. The van der Waals surface area contributed by atoms with Gasteiger partial charge in [-0.15, -0.1) is 5.10 Å². The van der Waals surface area contributed by atoms with Crippen molar-refractivity contribution in [2.45, 2.75) is 42.7 Å². The lowest BCUT2D eigenvalue weighted by Gasteiger charge is -2.25. The Morgan fingerprint density at radius 2 is 1.76 bits per heavy atom. The van der Waals surface area contributed by atoms with Gasteiger partial charge in [-0.05, 0) is 49.1 Å². The van der Waals surface area contributed by atoms with E-state index in [1.807, 2.05) is 12.1 Å². The fourth-order valence-electron chi connectivity index (χ4n) is 3.63. The summed E-state index contributed by atoms with van der Waals surface area (Å²) in [5.41, 5.74) is 2.74. The summed E-state index contributed by atoms with van der Waals surface area (Å²) in [5, 5.41) is 10.4. The monoisotopic (exact) mass is 485 g/mol. The van der Waals surface area contributed by atoms with Crippen molar-refractivity contribution >= 4 is 33.4 Å². The average Bonchev–Trinajstić information content (AvgIpc) is 3.33. The van der Waals surface area contributed by atoms with Gasteiger partial charge in [0, 0.05) is 24.3 Å². The van der Waals surface area contributed by atoms with Gasteiger partial charge in [0.15, 0.2) is 5.82 Å². The molecule has 0 radical (unpaired) electrons. The lowest BCUT2D eigenvalue weighted by Crippen LogP contribution is -2.35. The lowest BCUT2D eigenvalue weighted by atomic mass is 10.1. The third-order valence-electron chi connectivity index (χ3n) is 5.52. The Balaban J connectivity index is 1.30. The van der Waals surface area contributed by atoms with E-state index in [1.165, 1.54) is 33.8 Å². The predicted molar refractivity (Wildman–Crippen MR) is 130 cm³/mol. The Hall–Kier alpha value is -2.69. The number of benzene rings is 2. The Morgan fingerprint density at radius 3 is 2.42 bits per heavy atom. The average molecular weight is 486 g/mol. The smallest absolute Gasteiger partial charge is 0.243 e. The van der Waals surface area contributed by atoms with Crippen molar-refractivity contribution in [1.82, 2.24) is 19.5 Å². The van der Waals surface area contributed by atoms with Crippen LogP contribution in [0.25, 0.3) is 11.4 Å². The molecule has 2 N–H and O–H groups in total. The van der Waals surface area contributed by atoms with E-state index in [2.05, 4.69) is 39.6 Å². The summed E-state index contributed by atoms with van der Waals surface area (Å²) in [5.74, 6) is 0.580. The molecular formula is C23H27N5O3S2. The van der Waals surface area contributed by atoms with Gasteiger partial charge in [0.2, 0.25) is 21.1 Å². The minimum Gasteiger partial charge on any atom is -0.325 e. The summed E-state index contributed by atoms with van der Waals surface area (Å²) < 4.78 is 27.0. The van der Waals surface area contributed by atoms with E-state index < -0.39 is 10.0 Å². The molecule has 0 aliphatic carbocycles. The van der Waals surface area contributed by atoms with Crippen LogP contribution in [0.2, 0.25) is 0 Å². The zero-order valence-electron chi connectivity index (χ0n) is 18.5. The van der Waals surface area contributed by atoms with E-state index in [-0.39, 0.29) is 16.6 Å². The maximum absolute atomic E-state index is 12.7. The lowest BCUT2D eigenvalue weighted by molar-refractivity contribution is -0.113. The number of hydrogen-bond acceptors (Lipinski definition) is 6. The number of hydrogen-bond donors (Lipinski definition) is 2. The quantitative estimate of drug-likeness (QED) is 0.468. The number of aromatic amines is 1. The second-order valence-corrected chi connectivity index (χ2v) is 10.7. The zero-order chi connectivity index (χ0) is 23.3. The molecule has 1 aliphatic heterocycles. The number of H-pyrrole nitrogens is 1. The number of carbonyl (C=O) groups is 1. The van der Waals surface area contributed by atoms with E-state index in [1.54, 1.807) is 12.1 Å². The topological polar surface area (TPSA) is 108 Å². The Labute approximate surface area is 198 Å². The van der Waals surface area contributed by atoms with Crippen molar-refractivity contribution in [2.24, 2.45) is 0 Å². The highest BCUT2D eigenvalue weighted by molar-refractivity contribution is 7.99. The molecule has 3 aromatic rings. The van der Waals surface area contributed by atoms with E-state index in [0.29, 0.717) is 29.8 Å². The second-order valence-electron chi connectivity index (χ2n) is 7.84. The van der Waals surface area contributed by atoms with Crippen molar-refractivity contribution in [3.63, 3.8) is 0 Å². The Kier molecular flexibility index (Phi) is 7.46. The number of aryl methyl sites for hydroxylation is 1. The van der Waals surface area contributed by atoms with Crippen molar-refractivity contribution in [3.8, 4) is 11.4 Å². The van der Waals surface area contributed by atoms with Gasteiger partial charge in [-0.1, -0.05) is 49.4 Å². The molecule has 0 saturated carbocycles. The van der Waals surface area contributed by atoms with Gasteiger partial charge in [-0.25, -0.2) is 13.4 Å². The number of carbonyl (C=O) groups excluding carboxylic acids is 1. The minimum absolute atomic E-state index is 0.139. The number of sulfonamides is 1. The van der Waals surface area contributed by atoms with Gasteiger partial charge >= 0.3 is 0 Å². The van der Waals surface area contributed by atoms with Gasteiger partial charge in [0.1, 0.15) is 0 Å². The van der Waals surface area contributed by atoms with Gasteiger partial charge in [-0.3, -0.25) is 9.89 Å². The van der Waals surface area contributed by atoms with Crippen LogP contribution in [0.5, 0.6) is 0 Å². The van der Waals surface area contributed by atoms with Crippen LogP contribution in [-0.4, -0.2) is 52.7 Å². The van der Waals surface area contributed by atoms with Crippen molar-refractivity contribution in [1.29, 1.82) is 0 Å². The van der Waals surface area contributed by atoms with Crippen LogP contribution in [0, 0.1) is 0 Å². The molecule has 10 heteroatoms. The molecule has 0 spiro atoms. The maximum atomic E-state index is 12.7. The van der Waals surface area contributed by atoms with E-state index in [0.717, 1.165) is 31.2 Å². The molecule has 2 aromatic carbocycles. The number of rotatable bonds is 8. The van der Waals surface area contributed by atoms with Crippen LogP contribution in [0.15, 0.2) is 58.6 Å². The molecule has 174 valence electrons. The first kappa shape index (κ1) is 23.5. The number of nitrogens with zero attached hydrogens (tertiary/aromatic N) is 3. The van der Waals surface area contributed by atoms with Gasteiger partial charge in [0.05, 0.1) is 10.6 Å². The second kappa shape index (κ2) is 10.5. The number of aromatic nitrogens is 3. The highest BCUT2D eigenvalue weighted by Crippen LogP contribution is 2.23. The molecule has 1 saturated heterocycles. The molecule has 1 aliphatic rings. The summed E-state index contributed by atoms with van der Waals surface area (Å²) in [6.07, 6.45) is 3.82. The summed E-state index contributed by atoms with van der Waals surface area (Å²) in [6.45, 7) is 3.23. The van der Waals surface area contributed by atoms with Crippen molar-refractivity contribution in [3.05, 3.63) is 54.1 Å². The Bertz CT molecular complexity index is 1190. The molecule has 0 bridgehead atoms. The molecule has 1 amide bonds. The van der Waals surface area contributed by atoms with E-state index in [9.17, 15) is 13.2 Å². The van der Waals surface area contributed by atoms with Crippen molar-refractivity contribution < 1.29 is 13.2 Å². The highest BCUT2D eigenvalue weighted by atomic mass is 32.2. The molecule has 0 unspecified atom stereocenters. The summed E-state index contributed by atoms with van der Waals surface area (Å²) in [7, 11) is -3.48. The third kappa shape index (κ3) is 5.82. The number of anilines is 1. The van der Waals surface area contributed by atoms with Crippen molar-refractivity contribution in [2.75, 3.05) is 24.2 Å². The molecule has 2 heterocycles. The molecule has 1 fully saturated rings. The van der Waals surface area contributed by atoms with Crippen LogP contribution in [0.3, 0.4) is 0 Å². The summed E-state index contributed by atoms with van der Waals surface area (Å²) >= 11 is 1.23. The first-order chi connectivity index (χ1) is 16.0. The SMILES string of the molecule is CCc1ccc(-c2nc(SCC(=O)Nc3ccc(S(=O)(=O)N4CCCCC4)cc3)n[nH]2)cc1. The molecular weight excluding hydrogens is 458 g/mol. The molecule has 0 atom stereocenters. The number of amides is 1. The number of thioether (sulfide) groups is 1. The van der Waals surface area contributed by atoms with Crippen LogP contribution >= 0.6 is 11.8 Å². The van der Waals surface area contributed by atoms with Crippen LogP contribution in [0.4, 0.5) is 5.69 Å². The number of nitrogens with one attached hydrogen (secondary N) is 2. The normalized spacial score (nSPS) is 14.8. The van der Waals surface area contributed by atoms with Crippen LogP contribution < -0.4 is 5.32 Å². The molecule has 1 aromatic heterocycles. The fourth-order valence-corrected chi connectivity index (χ4v) is 5.75. The minimum atomic E-state index is -3.48. The Morgan fingerprint density at radius 1 is 1.06 bits per heavy atom. The molecule has 4 rings (SSSR count). The van der Waals surface area contributed by atoms with Gasteiger partial charge in [-0.2, -0.15) is 4.31 Å². The fraction of sp³-hybridized carbons (Fsp3) is 0.348. The van der Waals surface area contributed by atoms with E-state index >= 15 is 0 Å². The number of piperidine rings is 1. The standard InChI is InChI=1S/C23H27N5O3S2/c1-2-17-6-8-18(9-7-17)22-25-23(27-26-22)32-16-21(29)24-19-10-12-20(13-11-19)33(30,31)28-14-4-3-5-15-28/h6-13H,2-5,14-16H2,1H3,(H,24,29)(H,25,26,27). The van der Waals surface area contributed by atoms with Gasteiger partial charge in [0.25, 0.3) is 0 Å². The van der Waals surface area contributed by atoms with Crippen LogP contribution in [-0.2, 0) is 21.2 Å². The highest BCUT2D eigenvalue weighted by Gasteiger charge is 2.25. The maximum Gasteiger partial charge on any atom is 0.243 e. The van der Waals surface area contributed by atoms with Crippen LogP contribution in [0.1, 0.15) is 31.7 Å².